The van der Waals surface area contributed by atoms with Gasteiger partial charge in [0.15, 0.2) is 0 Å². The molecule has 1 saturated heterocycles. The highest BCUT2D eigenvalue weighted by atomic mass is 32.2. The van der Waals surface area contributed by atoms with E-state index in [1.165, 1.54) is 14.0 Å². The molecule has 1 fully saturated rings. The standard InChI is InChI=1S/C21H21NO6S/c1-5-28-20(24)12(2)22-19(23)18(29-21(22)25)11-16-15-10-14(26-3)8-6-13(15)7-9-17(16)27-4/h6-12H,5H2,1-4H3/b18-11+/t12-/m0/s1. The van der Waals surface area contributed by atoms with Crippen LogP contribution in [0.15, 0.2) is 35.2 Å². The monoisotopic (exact) mass is 415 g/mol. The van der Waals surface area contributed by atoms with E-state index in [1.807, 2.05) is 24.3 Å². The molecule has 8 heteroatoms. The highest BCUT2D eigenvalue weighted by molar-refractivity contribution is 8.18. The summed E-state index contributed by atoms with van der Waals surface area (Å²) in [6.45, 7) is 3.31. The topological polar surface area (TPSA) is 82.1 Å². The number of rotatable bonds is 6. The van der Waals surface area contributed by atoms with Crippen molar-refractivity contribution in [1.82, 2.24) is 4.90 Å². The van der Waals surface area contributed by atoms with E-state index in [1.54, 1.807) is 26.2 Å². The van der Waals surface area contributed by atoms with Crippen LogP contribution in [-0.2, 0) is 14.3 Å². The van der Waals surface area contributed by atoms with Gasteiger partial charge in [0, 0.05) is 5.56 Å². The van der Waals surface area contributed by atoms with Gasteiger partial charge in [0.05, 0.1) is 25.7 Å². The fraction of sp³-hybridized carbons (Fsp3) is 0.286. The van der Waals surface area contributed by atoms with E-state index in [0.29, 0.717) is 17.1 Å². The van der Waals surface area contributed by atoms with Crippen LogP contribution in [0.25, 0.3) is 16.8 Å². The van der Waals surface area contributed by atoms with Crippen molar-refractivity contribution >= 4 is 45.7 Å². The third kappa shape index (κ3) is 3.93. The van der Waals surface area contributed by atoms with Crippen LogP contribution >= 0.6 is 11.8 Å². The maximum Gasteiger partial charge on any atom is 0.329 e. The summed E-state index contributed by atoms with van der Waals surface area (Å²) in [5.41, 5.74) is 0.651. The van der Waals surface area contributed by atoms with Crippen LogP contribution in [0.5, 0.6) is 11.5 Å². The maximum absolute atomic E-state index is 12.9. The largest absolute Gasteiger partial charge is 0.497 e. The van der Waals surface area contributed by atoms with Crippen molar-refractivity contribution in [3.8, 4) is 11.5 Å². The van der Waals surface area contributed by atoms with Crippen LogP contribution in [0, 0.1) is 0 Å². The molecule has 0 saturated carbocycles. The molecule has 2 aromatic carbocycles. The van der Waals surface area contributed by atoms with Crippen molar-refractivity contribution < 1.29 is 28.6 Å². The number of nitrogens with zero attached hydrogens (tertiary/aromatic N) is 1. The smallest absolute Gasteiger partial charge is 0.329 e. The van der Waals surface area contributed by atoms with Gasteiger partial charge in [0.25, 0.3) is 11.1 Å². The number of methoxy groups -OCH3 is 2. The van der Waals surface area contributed by atoms with Gasteiger partial charge in [0.1, 0.15) is 17.5 Å². The average Bonchev–Trinajstić information content (AvgIpc) is 3.00. The molecule has 0 spiro atoms. The third-order valence-corrected chi connectivity index (χ3v) is 5.45. The van der Waals surface area contributed by atoms with Gasteiger partial charge in [-0.05, 0) is 60.7 Å². The summed E-state index contributed by atoms with van der Waals surface area (Å²) >= 11 is 0.782. The summed E-state index contributed by atoms with van der Waals surface area (Å²) in [6.07, 6.45) is 1.61. The molecular weight excluding hydrogens is 394 g/mol. The van der Waals surface area contributed by atoms with Gasteiger partial charge in [-0.15, -0.1) is 0 Å². The van der Waals surface area contributed by atoms with E-state index < -0.39 is 23.2 Å². The van der Waals surface area contributed by atoms with Crippen molar-refractivity contribution in [3.63, 3.8) is 0 Å². The first-order valence-electron chi connectivity index (χ1n) is 8.99. The Hall–Kier alpha value is -3.00. The van der Waals surface area contributed by atoms with Gasteiger partial charge < -0.3 is 14.2 Å². The molecule has 0 unspecified atom stereocenters. The van der Waals surface area contributed by atoms with Crippen molar-refractivity contribution in [2.45, 2.75) is 19.9 Å². The maximum atomic E-state index is 12.9. The number of benzene rings is 2. The summed E-state index contributed by atoms with van der Waals surface area (Å²) in [5, 5.41) is 1.23. The molecule has 2 amide bonds. The molecule has 1 atom stereocenters. The summed E-state index contributed by atoms with van der Waals surface area (Å²) < 4.78 is 15.7. The summed E-state index contributed by atoms with van der Waals surface area (Å²) in [5.74, 6) is 0.0477. The number of amides is 2. The molecule has 1 aliphatic heterocycles. The summed E-state index contributed by atoms with van der Waals surface area (Å²) in [7, 11) is 3.11. The predicted molar refractivity (Wildman–Crippen MR) is 111 cm³/mol. The zero-order valence-electron chi connectivity index (χ0n) is 16.6. The van der Waals surface area contributed by atoms with Crippen LogP contribution < -0.4 is 9.47 Å². The van der Waals surface area contributed by atoms with E-state index in [2.05, 4.69) is 0 Å². The quantitative estimate of drug-likeness (QED) is 0.524. The lowest BCUT2D eigenvalue weighted by Crippen LogP contribution is -2.42. The Balaban J connectivity index is 2.06. The van der Waals surface area contributed by atoms with Crippen molar-refractivity contribution in [3.05, 3.63) is 40.8 Å². The van der Waals surface area contributed by atoms with E-state index in [-0.39, 0.29) is 11.5 Å². The van der Waals surface area contributed by atoms with E-state index in [4.69, 9.17) is 14.2 Å². The number of hydrogen-bond acceptors (Lipinski definition) is 7. The van der Waals surface area contributed by atoms with E-state index >= 15 is 0 Å². The van der Waals surface area contributed by atoms with Crippen LogP contribution in [0.1, 0.15) is 19.4 Å². The van der Waals surface area contributed by atoms with Gasteiger partial charge in [-0.25, -0.2) is 4.79 Å². The van der Waals surface area contributed by atoms with Crippen molar-refractivity contribution in [2.75, 3.05) is 20.8 Å². The van der Waals surface area contributed by atoms with E-state index in [0.717, 1.165) is 27.4 Å². The molecule has 0 aromatic heterocycles. The van der Waals surface area contributed by atoms with Crippen molar-refractivity contribution in [2.24, 2.45) is 0 Å². The molecular formula is C21H21NO6S. The number of imide groups is 1. The SMILES string of the molecule is CCOC(=O)[C@H](C)N1C(=O)S/C(=C/c2c(OC)ccc3ccc(OC)cc23)C1=O. The molecule has 2 aromatic rings. The van der Waals surface area contributed by atoms with Gasteiger partial charge in [-0.3, -0.25) is 14.5 Å². The lowest BCUT2D eigenvalue weighted by atomic mass is 10.0. The minimum atomic E-state index is -0.997. The molecule has 29 heavy (non-hydrogen) atoms. The first-order chi connectivity index (χ1) is 13.9. The minimum Gasteiger partial charge on any atom is -0.497 e. The van der Waals surface area contributed by atoms with Gasteiger partial charge in [0.2, 0.25) is 0 Å². The molecule has 1 aliphatic rings. The lowest BCUT2D eigenvalue weighted by Gasteiger charge is -2.19. The number of esters is 1. The van der Waals surface area contributed by atoms with Crippen LogP contribution in [0.4, 0.5) is 4.79 Å². The van der Waals surface area contributed by atoms with Crippen LogP contribution in [0.2, 0.25) is 0 Å². The predicted octanol–water partition coefficient (Wildman–Crippen LogP) is 3.84. The first-order valence-corrected chi connectivity index (χ1v) is 9.81. The number of ether oxygens (including phenoxy) is 3. The Kier molecular flexibility index (Phi) is 6.12. The average molecular weight is 415 g/mol. The normalized spacial score (nSPS) is 16.4. The van der Waals surface area contributed by atoms with Gasteiger partial charge in [-0.1, -0.05) is 12.1 Å². The fourth-order valence-electron chi connectivity index (χ4n) is 3.07. The molecule has 7 nitrogen and oxygen atoms in total. The highest BCUT2D eigenvalue weighted by Crippen LogP contribution is 2.38. The Bertz CT molecular complexity index is 1010. The molecule has 3 rings (SSSR count). The third-order valence-electron chi connectivity index (χ3n) is 4.56. The molecule has 1 heterocycles. The molecule has 152 valence electrons. The zero-order valence-corrected chi connectivity index (χ0v) is 17.4. The number of carbonyl (C=O) groups excluding carboxylic acids is 3. The zero-order chi connectivity index (χ0) is 21.1. The van der Waals surface area contributed by atoms with Crippen LogP contribution in [-0.4, -0.2) is 48.9 Å². The summed E-state index contributed by atoms with van der Waals surface area (Å²) in [6, 6.07) is 8.29. The van der Waals surface area contributed by atoms with Crippen LogP contribution in [0.3, 0.4) is 0 Å². The lowest BCUT2D eigenvalue weighted by molar-refractivity contribution is -0.150. The minimum absolute atomic E-state index is 0.171. The van der Waals surface area contributed by atoms with Gasteiger partial charge in [-0.2, -0.15) is 0 Å². The highest BCUT2D eigenvalue weighted by Gasteiger charge is 2.41. The number of carbonyl (C=O) groups is 3. The molecule has 0 bridgehead atoms. The number of fused-ring (bicyclic) bond motifs is 1. The summed E-state index contributed by atoms with van der Waals surface area (Å²) in [4.78, 5) is 38.4. The second kappa shape index (κ2) is 8.57. The fourth-order valence-corrected chi connectivity index (χ4v) is 3.96. The molecule has 0 radical (unpaired) electrons. The number of hydrogen-bond donors (Lipinski definition) is 0. The second-order valence-corrected chi connectivity index (χ2v) is 7.24. The Morgan fingerprint density at radius 1 is 1.17 bits per heavy atom. The van der Waals surface area contributed by atoms with Crippen molar-refractivity contribution in [1.29, 1.82) is 0 Å². The Morgan fingerprint density at radius 3 is 2.55 bits per heavy atom. The Labute approximate surface area is 172 Å². The second-order valence-electron chi connectivity index (χ2n) is 6.25. The van der Waals surface area contributed by atoms with E-state index in [9.17, 15) is 14.4 Å². The number of thioether (sulfide) groups is 1. The molecule has 0 aliphatic carbocycles. The first kappa shape index (κ1) is 20.7. The Morgan fingerprint density at radius 2 is 1.90 bits per heavy atom. The van der Waals surface area contributed by atoms with Gasteiger partial charge >= 0.3 is 5.97 Å². The molecule has 0 N–H and O–H groups in total.